The van der Waals surface area contributed by atoms with Crippen molar-refractivity contribution in [1.82, 2.24) is 20.1 Å². The Hall–Kier alpha value is -1.09. The highest BCUT2D eigenvalue weighted by atomic mass is 127. The zero-order valence-electron chi connectivity index (χ0n) is 18.6. The van der Waals surface area contributed by atoms with Gasteiger partial charge in [-0.05, 0) is 69.8 Å². The van der Waals surface area contributed by atoms with Gasteiger partial charge in [0.2, 0.25) is 0 Å². The van der Waals surface area contributed by atoms with Crippen LogP contribution in [0.2, 0.25) is 0 Å². The standard InChI is InChI=1S/C23H38N6.HI/c1-2-24-23(29-16-10-21(19-29)27-12-7-8-13-27)26-18-20-9-11-25-22(17-20)28-14-5-3-4-6-15-28;/h9,11,17,21H,2-8,10,12-16,18-19H2,1H3,(H,24,26);1H. The van der Waals surface area contributed by atoms with Crippen LogP contribution in [0, 0.1) is 0 Å². The van der Waals surface area contributed by atoms with Gasteiger partial charge in [0.1, 0.15) is 5.82 Å². The van der Waals surface area contributed by atoms with Gasteiger partial charge in [0.15, 0.2) is 5.96 Å². The Morgan fingerprint density at radius 2 is 1.80 bits per heavy atom. The lowest BCUT2D eigenvalue weighted by Gasteiger charge is -2.25. The molecule has 4 rings (SSSR count). The number of nitrogens with one attached hydrogen (secondary N) is 1. The van der Waals surface area contributed by atoms with E-state index in [1.165, 1.54) is 63.6 Å². The zero-order valence-corrected chi connectivity index (χ0v) is 20.9. The lowest BCUT2D eigenvalue weighted by atomic mass is 10.2. The Balaban J connectivity index is 0.00000256. The molecule has 0 aromatic carbocycles. The summed E-state index contributed by atoms with van der Waals surface area (Å²) in [7, 11) is 0. The van der Waals surface area contributed by atoms with Crippen LogP contribution in [0.1, 0.15) is 57.4 Å². The van der Waals surface area contributed by atoms with Crippen molar-refractivity contribution in [2.24, 2.45) is 4.99 Å². The van der Waals surface area contributed by atoms with E-state index in [9.17, 15) is 0 Å². The number of rotatable bonds is 5. The first-order valence-electron chi connectivity index (χ1n) is 11.8. The Bertz CT molecular complexity index is 667. The van der Waals surface area contributed by atoms with E-state index in [0.29, 0.717) is 6.04 Å². The summed E-state index contributed by atoms with van der Waals surface area (Å²) in [5.41, 5.74) is 1.25. The van der Waals surface area contributed by atoms with E-state index in [1.807, 2.05) is 6.20 Å². The number of pyridine rings is 1. The Morgan fingerprint density at radius 1 is 1.07 bits per heavy atom. The van der Waals surface area contributed by atoms with Crippen LogP contribution in [0.5, 0.6) is 0 Å². The minimum atomic E-state index is 0. The average molecular weight is 527 g/mol. The van der Waals surface area contributed by atoms with Crippen molar-refractivity contribution in [3.05, 3.63) is 23.9 Å². The zero-order chi connectivity index (χ0) is 19.9. The van der Waals surface area contributed by atoms with Crippen LogP contribution in [0.25, 0.3) is 0 Å². The topological polar surface area (TPSA) is 47.0 Å². The van der Waals surface area contributed by atoms with Crippen LogP contribution in [-0.4, -0.2) is 72.6 Å². The summed E-state index contributed by atoms with van der Waals surface area (Å²) in [6.45, 7) is 10.8. The number of guanidine groups is 1. The number of anilines is 1. The van der Waals surface area contributed by atoms with Gasteiger partial charge in [-0.3, -0.25) is 4.90 Å². The molecule has 1 aromatic heterocycles. The van der Waals surface area contributed by atoms with Crippen molar-refractivity contribution in [2.45, 2.75) is 64.5 Å². The minimum absolute atomic E-state index is 0. The second kappa shape index (κ2) is 12.1. The van der Waals surface area contributed by atoms with Gasteiger partial charge in [-0.2, -0.15) is 0 Å². The second-order valence-corrected chi connectivity index (χ2v) is 8.73. The fourth-order valence-corrected chi connectivity index (χ4v) is 4.96. The first kappa shape index (κ1) is 23.6. The van der Waals surface area contributed by atoms with E-state index in [2.05, 4.69) is 44.1 Å². The largest absolute Gasteiger partial charge is 0.357 e. The number of hydrogen-bond acceptors (Lipinski definition) is 4. The molecule has 3 saturated heterocycles. The first-order valence-corrected chi connectivity index (χ1v) is 11.8. The maximum Gasteiger partial charge on any atom is 0.194 e. The average Bonchev–Trinajstić information content (AvgIpc) is 3.38. The SMILES string of the molecule is CCNC(=NCc1ccnc(N2CCCCCC2)c1)N1CCC(N2CCCC2)C1.I. The molecule has 1 aromatic rings. The summed E-state index contributed by atoms with van der Waals surface area (Å²) in [6.07, 6.45) is 11.2. The third-order valence-corrected chi connectivity index (χ3v) is 6.61. The molecule has 0 spiro atoms. The first-order chi connectivity index (χ1) is 14.3. The molecule has 0 aliphatic carbocycles. The van der Waals surface area contributed by atoms with Crippen molar-refractivity contribution < 1.29 is 0 Å². The predicted molar refractivity (Wildman–Crippen MR) is 136 cm³/mol. The van der Waals surface area contributed by atoms with Crippen molar-refractivity contribution in [3.63, 3.8) is 0 Å². The molecule has 0 amide bonds. The summed E-state index contributed by atoms with van der Waals surface area (Å²) in [4.78, 5) is 17.2. The number of nitrogens with zero attached hydrogens (tertiary/aromatic N) is 5. The third kappa shape index (κ3) is 6.22. The molecule has 1 unspecified atom stereocenters. The number of halogens is 1. The molecular formula is C23H39IN6. The van der Waals surface area contributed by atoms with Crippen LogP contribution < -0.4 is 10.2 Å². The quantitative estimate of drug-likeness (QED) is 0.360. The molecule has 0 bridgehead atoms. The van der Waals surface area contributed by atoms with E-state index < -0.39 is 0 Å². The van der Waals surface area contributed by atoms with Gasteiger partial charge in [0.25, 0.3) is 0 Å². The summed E-state index contributed by atoms with van der Waals surface area (Å²) in [6, 6.07) is 5.07. The van der Waals surface area contributed by atoms with Gasteiger partial charge in [-0.25, -0.2) is 9.98 Å². The number of aliphatic imine (C=N–C) groups is 1. The van der Waals surface area contributed by atoms with Crippen LogP contribution in [0.3, 0.4) is 0 Å². The van der Waals surface area contributed by atoms with Crippen LogP contribution in [-0.2, 0) is 6.54 Å². The predicted octanol–water partition coefficient (Wildman–Crippen LogP) is 3.72. The molecule has 6 nitrogen and oxygen atoms in total. The van der Waals surface area contributed by atoms with Crippen molar-refractivity contribution in [3.8, 4) is 0 Å². The third-order valence-electron chi connectivity index (χ3n) is 6.61. The van der Waals surface area contributed by atoms with E-state index in [-0.39, 0.29) is 24.0 Å². The minimum Gasteiger partial charge on any atom is -0.357 e. The maximum atomic E-state index is 5.00. The highest BCUT2D eigenvalue weighted by Gasteiger charge is 2.30. The Morgan fingerprint density at radius 3 is 2.53 bits per heavy atom. The molecule has 4 heterocycles. The molecule has 30 heavy (non-hydrogen) atoms. The van der Waals surface area contributed by atoms with Crippen molar-refractivity contribution >= 4 is 35.8 Å². The fraction of sp³-hybridized carbons (Fsp3) is 0.739. The molecule has 1 atom stereocenters. The summed E-state index contributed by atoms with van der Waals surface area (Å²) >= 11 is 0. The molecule has 3 fully saturated rings. The number of likely N-dealkylation sites (tertiary alicyclic amines) is 2. The molecule has 0 radical (unpaired) electrons. The number of aromatic nitrogens is 1. The van der Waals surface area contributed by atoms with E-state index in [1.54, 1.807) is 0 Å². The lowest BCUT2D eigenvalue weighted by molar-refractivity contribution is 0.249. The molecule has 0 saturated carbocycles. The normalized spacial score (nSPS) is 23.4. The summed E-state index contributed by atoms with van der Waals surface area (Å²) in [5, 5.41) is 3.52. The molecule has 1 N–H and O–H groups in total. The Kier molecular flexibility index (Phi) is 9.49. The lowest BCUT2D eigenvalue weighted by Crippen LogP contribution is -2.42. The monoisotopic (exact) mass is 526 g/mol. The summed E-state index contributed by atoms with van der Waals surface area (Å²) < 4.78 is 0. The number of hydrogen-bond donors (Lipinski definition) is 1. The van der Waals surface area contributed by atoms with Gasteiger partial charge >= 0.3 is 0 Å². The van der Waals surface area contributed by atoms with E-state index in [4.69, 9.17) is 4.99 Å². The van der Waals surface area contributed by atoms with Crippen LogP contribution >= 0.6 is 24.0 Å². The fourth-order valence-electron chi connectivity index (χ4n) is 4.96. The molecular weight excluding hydrogens is 487 g/mol. The van der Waals surface area contributed by atoms with E-state index in [0.717, 1.165) is 51.0 Å². The van der Waals surface area contributed by atoms with Crippen LogP contribution in [0.15, 0.2) is 23.3 Å². The molecule has 3 aliphatic rings. The second-order valence-electron chi connectivity index (χ2n) is 8.73. The smallest absolute Gasteiger partial charge is 0.194 e. The van der Waals surface area contributed by atoms with E-state index >= 15 is 0 Å². The maximum absolute atomic E-state index is 5.00. The van der Waals surface area contributed by atoms with Crippen molar-refractivity contribution in [1.29, 1.82) is 0 Å². The molecule has 3 aliphatic heterocycles. The molecule has 7 heteroatoms. The van der Waals surface area contributed by atoms with Crippen molar-refractivity contribution in [2.75, 3.05) is 50.7 Å². The highest BCUT2D eigenvalue weighted by Crippen LogP contribution is 2.21. The Labute approximate surface area is 199 Å². The molecule has 168 valence electrons. The van der Waals surface area contributed by atoms with Gasteiger partial charge in [-0.1, -0.05) is 12.8 Å². The summed E-state index contributed by atoms with van der Waals surface area (Å²) in [5.74, 6) is 2.20. The highest BCUT2D eigenvalue weighted by molar-refractivity contribution is 14.0. The van der Waals surface area contributed by atoms with Gasteiger partial charge in [0, 0.05) is 45.0 Å². The van der Waals surface area contributed by atoms with Gasteiger partial charge in [-0.15, -0.1) is 24.0 Å². The van der Waals surface area contributed by atoms with Gasteiger partial charge in [0.05, 0.1) is 6.54 Å². The van der Waals surface area contributed by atoms with Crippen LogP contribution in [0.4, 0.5) is 5.82 Å². The van der Waals surface area contributed by atoms with Gasteiger partial charge < -0.3 is 15.1 Å².